The fourth-order valence-corrected chi connectivity index (χ4v) is 4.37. The summed E-state index contributed by atoms with van der Waals surface area (Å²) in [4.78, 5) is 26.8. The van der Waals surface area contributed by atoms with Gasteiger partial charge in [-0.2, -0.15) is 0 Å². The highest BCUT2D eigenvalue weighted by Gasteiger charge is 2.61. The number of carbonyl (C=O) groups is 2. The lowest BCUT2D eigenvalue weighted by atomic mass is 9.80. The van der Waals surface area contributed by atoms with Gasteiger partial charge in [0, 0.05) is 0 Å². The lowest BCUT2D eigenvalue weighted by molar-refractivity contribution is -0.123. The molecule has 1 aromatic rings. The van der Waals surface area contributed by atoms with Crippen LogP contribution in [0, 0.1) is 23.7 Å². The highest BCUT2D eigenvalue weighted by atomic mass is 16.3. The van der Waals surface area contributed by atoms with Crippen LogP contribution in [0.5, 0.6) is 5.75 Å². The first-order valence-corrected chi connectivity index (χ1v) is 7.60. The third kappa shape index (κ3) is 1.64. The number of hydrogen-bond acceptors (Lipinski definition) is 3. The maximum absolute atomic E-state index is 12.8. The van der Waals surface area contributed by atoms with Gasteiger partial charge in [0.05, 0.1) is 17.5 Å². The molecule has 0 aromatic heterocycles. The molecule has 2 bridgehead atoms. The molecule has 4 rings (SSSR count). The quantitative estimate of drug-likeness (QED) is 0.689. The molecule has 1 aliphatic heterocycles. The second-order valence-corrected chi connectivity index (χ2v) is 6.32. The van der Waals surface area contributed by atoms with Crippen molar-refractivity contribution in [3.8, 4) is 5.75 Å². The molecule has 1 saturated heterocycles. The van der Waals surface area contributed by atoms with Gasteiger partial charge in [-0.25, -0.2) is 0 Å². The number of nitrogens with zero attached hydrogens (tertiary/aromatic N) is 1. The van der Waals surface area contributed by atoms with Crippen molar-refractivity contribution >= 4 is 17.5 Å². The number of amides is 2. The molecule has 4 heteroatoms. The van der Waals surface area contributed by atoms with Gasteiger partial charge >= 0.3 is 0 Å². The summed E-state index contributed by atoms with van der Waals surface area (Å²) in [6.07, 6.45) is 5.75. The van der Waals surface area contributed by atoms with Crippen LogP contribution < -0.4 is 4.90 Å². The van der Waals surface area contributed by atoms with Crippen molar-refractivity contribution in [2.75, 3.05) is 4.90 Å². The van der Waals surface area contributed by atoms with Crippen LogP contribution in [0.15, 0.2) is 48.6 Å². The molecule has 0 radical (unpaired) electrons. The lowest BCUT2D eigenvalue weighted by Crippen LogP contribution is -2.32. The number of anilines is 1. The van der Waals surface area contributed by atoms with E-state index in [1.54, 1.807) is 12.1 Å². The largest absolute Gasteiger partial charge is 0.508 e. The highest BCUT2D eigenvalue weighted by molar-refractivity contribution is 6.22. The normalized spacial score (nSPS) is 32.4. The number of hydrogen-bond donors (Lipinski definition) is 1. The first-order valence-electron chi connectivity index (χ1n) is 7.60. The average molecular weight is 295 g/mol. The van der Waals surface area contributed by atoms with Crippen molar-refractivity contribution in [2.24, 2.45) is 23.7 Å². The molecule has 1 heterocycles. The number of imide groups is 1. The molecule has 4 nitrogen and oxygen atoms in total. The number of aromatic hydroxyl groups is 1. The first-order chi connectivity index (χ1) is 10.6. The molecule has 112 valence electrons. The second kappa shape index (κ2) is 4.57. The molecule has 22 heavy (non-hydrogen) atoms. The van der Waals surface area contributed by atoms with E-state index < -0.39 is 0 Å². The number of rotatable bonds is 3. The number of carbonyl (C=O) groups excluding carboxylic acids is 2. The van der Waals surface area contributed by atoms with Crippen LogP contribution in [0.25, 0.3) is 0 Å². The van der Waals surface area contributed by atoms with E-state index in [9.17, 15) is 14.7 Å². The number of fused-ring (bicyclic) bond motifs is 5. The van der Waals surface area contributed by atoms with E-state index in [1.165, 1.54) is 22.6 Å². The molecular weight excluding hydrogens is 278 g/mol. The van der Waals surface area contributed by atoms with Gasteiger partial charge in [0.1, 0.15) is 5.75 Å². The number of benzene rings is 1. The van der Waals surface area contributed by atoms with Crippen LogP contribution in [0.1, 0.15) is 12.8 Å². The van der Waals surface area contributed by atoms with Gasteiger partial charge in [0.15, 0.2) is 0 Å². The fourth-order valence-electron chi connectivity index (χ4n) is 4.37. The Morgan fingerprint density at radius 1 is 1.18 bits per heavy atom. The van der Waals surface area contributed by atoms with E-state index in [0.29, 0.717) is 5.69 Å². The summed E-state index contributed by atoms with van der Waals surface area (Å²) in [6.45, 7) is 3.77. The summed E-state index contributed by atoms with van der Waals surface area (Å²) in [5.74, 6) is -0.121. The van der Waals surface area contributed by atoms with E-state index in [4.69, 9.17) is 0 Å². The SMILES string of the molecule is C=CCC1=CC2CC1C1C(=O)N(c3ccc(O)cc3)C(=O)C21. The third-order valence-electron chi connectivity index (χ3n) is 5.21. The van der Waals surface area contributed by atoms with E-state index in [2.05, 4.69) is 12.7 Å². The average Bonchev–Trinajstić information content (AvgIpc) is 3.13. The van der Waals surface area contributed by atoms with Crippen LogP contribution >= 0.6 is 0 Å². The highest BCUT2D eigenvalue weighted by Crippen LogP contribution is 2.56. The Morgan fingerprint density at radius 3 is 2.55 bits per heavy atom. The Bertz CT molecular complexity index is 704. The summed E-state index contributed by atoms with van der Waals surface area (Å²) < 4.78 is 0. The van der Waals surface area contributed by atoms with E-state index in [-0.39, 0.29) is 41.2 Å². The molecule has 3 aliphatic rings. The Balaban J connectivity index is 1.69. The maximum atomic E-state index is 12.8. The molecule has 1 N–H and O–H groups in total. The van der Waals surface area contributed by atoms with Crippen LogP contribution in [0.3, 0.4) is 0 Å². The van der Waals surface area contributed by atoms with Gasteiger partial charge in [-0.05, 0) is 48.9 Å². The second-order valence-electron chi connectivity index (χ2n) is 6.32. The molecule has 2 amide bonds. The lowest BCUT2D eigenvalue weighted by Gasteiger charge is -2.21. The van der Waals surface area contributed by atoms with Gasteiger partial charge in [0.2, 0.25) is 11.8 Å². The molecule has 4 atom stereocenters. The van der Waals surface area contributed by atoms with Crippen LogP contribution in [0.2, 0.25) is 0 Å². The molecule has 2 aliphatic carbocycles. The zero-order valence-electron chi connectivity index (χ0n) is 12.1. The molecule has 1 aromatic carbocycles. The molecular formula is C18H17NO3. The Hall–Kier alpha value is -2.36. The summed E-state index contributed by atoms with van der Waals surface area (Å²) in [5, 5.41) is 9.37. The van der Waals surface area contributed by atoms with Gasteiger partial charge in [-0.1, -0.05) is 17.7 Å². The van der Waals surface area contributed by atoms with Crippen LogP contribution in [-0.4, -0.2) is 16.9 Å². The fraction of sp³-hybridized carbons (Fsp3) is 0.333. The molecule has 0 spiro atoms. The van der Waals surface area contributed by atoms with Crippen molar-refractivity contribution in [3.05, 3.63) is 48.6 Å². The zero-order chi connectivity index (χ0) is 15.4. The minimum Gasteiger partial charge on any atom is -0.508 e. The van der Waals surface area contributed by atoms with Crippen LogP contribution in [-0.2, 0) is 9.59 Å². The summed E-state index contributed by atoms with van der Waals surface area (Å²) in [6, 6.07) is 6.23. The van der Waals surface area contributed by atoms with E-state index in [0.717, 1.165) is 12.8 Å². The summed E-state index contributed by atoms with van der Waals surface area (Å²) in [7, 11) is 0. The van der Waals surface area contributed by atoms with Gasteiger partial charge in [0.25, 0.3) is 0 Å². The van der Waals surface area contributed by atoms with E-state index in [1.807, 2.05) is 6.08 Å². The van der Waals surface area contributed by atoms with E-state index >= 15 is 0 Å². The maximum Gasteiger partial charge on any atom is 0.238 e. The topological polar surface area (TPSA) is 57.6 Å². The first kappa shape index (κ1) is 13.3. The summed E-state index contributed by atoms with van der Waals surface area (Å²) >= 11 is 0. The minimum atomic E-state index is -0.216. The van der Waals surface area contributed by atoms with Crippen molar-refractivity contribution in [2.45, 2.75) is 12.8 Å². The third-order valence-corrected chi connectivity index (χ3v) is 5.21. The molecule has 2 fully saturated rings. The smallest absolute Gasteiger partial charge is 0.238 e. The Labute approximate surface area is 128 Å². The van der Waals surface area contributed by atoms with Crippen LogP contribution in [0.4, 0.5) is 5.69 Å². The van der Waals surface area contributed by atoms with Gasteiger partial charge in [-0.3, -0.25) is 14.5 Å². The Kier molecular flexibility index (Phi) is 2.76. The predicted octanol–water partition coefficient (Wildman–Crippen LogP) is 2.65. The standard InChI is InChI=1S/C18H17NO3/c1-2-3-10-8-11-9-14(10)16-15(11)17(21)19(18(16)22)12-4-6-13(20)7-5-12/h2,4-8,11,14-16,20H,1,3,9H2. The monoisotopic (exact) mass is 295 g/mol. The number of phenolic OH excluding ortho intramolecular Hbond substituents is 1. The predicted molar refractivity (Wildman–Crippen MR) is 82.1 cm³/mol. The van der Waals surface area contributed by atoms with Crippen molar-refractivity contribution in [3.63, 3.8) is 0 Å². The number of phenols is 1. The minimum absolute atomic E-state index is 0.0946. The molecule has 1 saturated carbocycles. The van der Waals surface area contributed by atoms with Crippen molar-refractivity contribution < 1.29 is 14.7 Å². The molecule has 4 unspecified atom stereocenters. The van der Waals surface area contributed by atoms with Crippen molar-refractivity contribution in [1.29, 1.82) is 0 Å². The van der Waals surface area contributed by atoms with Gasteiger partial charge < -0.3 is 5.11 Å². The van der Waals surface area contributed by atoms with Crippen molar-refractivity contribution in [1.82, 2.24) is 0 Å². The number of allylic oxidation sites excluding steroid dienone is 3. The summed E-state index contributed by atoms with van der Waals surface area (Å²) in [5.41, 5.74) is 1.81. The Morgan fingerprint density at radius 2 is 1.86 bits per heavy atom. The zero-order valence-corrected chi connectivity index (χ0v) is 12.1. The van der Waals surface area contributed by atoms with Gasteiger partial charge in [-0.15, -0.1) is 6.58 Å².